The second-order valence-corrected chi connectivity index (χ2v) is 7.62. The van der Waals surface area contributed by atoms with Crippen LogP contribution in [0.4, 0.5) is 0 Å². The van der Waals surface area contributed by atoms with Gasteiger partial charge < -0.3 is 9.47 Å². The highest BCUT2D eigenvalue weighted by Crippen LogP contribution is 2.41. The number of ether oxygens (including phenoxy) is 2. The Morgan fingerprint density at radius 1 is 1.40 bits per heavy atom. The molecular weight excluding hydrogens is 252 g/mol. The topological polar surface area (TPSA) is 35.5 Å². The maximum atomic E-state index is 11.3. The molecule has 118 valence electrons. The fourth-order valence-corrected chi connectivity index (χ4v) is 3.15. The van der Waals surface area contributed by atoms with Crippen molar-refractivity contribution in [1.82, 2.24) is 0 Å². The molecule has 1 saturated carbocycles. The average Bonchev–Trinajstić information content (AvgIpc) is 2.34. The number of rotatable bonds is 6. The molecule has 0 heterocycles. The Labute approximate surface area is 124 Å². The summed E-state index contributed by atoms with van der Waals surface area (Å²) in [5.41, 5.74) is 0.0190. The molecular formula is C17H32O3. The summed E-state index contributed by atoms with van der Waals surface area (Å²) in [6.45, 7) is 13.0. The molecule has 1 aliphatic rings. The van der Waals surface area contributed by atoms with Gasteiger partial charge in [0.05, 0.1) is 11.7 Å². The Morgan fingerprint density at radius 3 is 2.60 bits per heavy atom. The Hall–Kier alpha value is -0.570. The highest BCUT2D eigenvalue weighted by molar-refractivity contribution is 5.68. The first-order valence-corrected chi connectivity index (χ1v) is 7.99. The smallest absolute Gasteiger partial charge is 0.305 e. The molecule has 3 heteroatoms. The van der Waals surface area contributed by atoms with E-state index in [4.69, 9.17) is 9.47 Å². The molecule has 1 rings (SSSR count). The van der Waals surface area contributed by atoms with Gasteiger partial charge in [0.2, 0.25) is 0 Å². The normalized spacial score (nSPS) is 24.2. The first-order valence-electron chi connectivity index (χ1n) is 7.99. The lowest BCUT2D eigenvalue weighted by Crippen LogP contribution is -2.40. The Balaban J connectivity index is 2.47. The van der Waals surface area contributed by atoms with Crippen molar-refractivity contribution < 1.29 is 14.3 Å². The summed E-state index contributed by atoms with van der Waals surface area (Å²) in [6.07, 6.45) is 5.70. The fraction of sp³-hybridized carbons (Fsp3) is 0.941. The summed E-state index contributed by atoms with van der Waals surface area (Å²) in [7, 11) is 0. The van der Waals surface area contributed by atoms with E-state index < -0.39 is 5.60 Å². The van der Waals surface area contributed by atoms with Gasteiger partial charge in [0, 0.05) is 6.42 Å². The maximum absolute atomic E-state index is 11.3. The van der Waals surface area contributed by atoms with Gasteiger partial charge in [-0.3, -0.25) is 4.79 Å². The molecule has 0 saturated heterocycles. The van der Waals surface area contributed by atoms with Gasteiger partial charge in [0.1, 0.15) is 6.61 Å². The number of hydrogen-bond donors (Lipinski definition) is 0. The molecule has 3 nitrogen and oxygen atoms in total. The number of hydrogen-bond acceptors (Lipinski definition) is 3. The minimum absolute atomic E-state index is 0.159. The van der Waals surface area contributed by atoms with Crippen LogP contribution in [0.3, 0.4) is 0 Å². The van der Waals surface area contributed by atoms with Crippen LogP contribution < -0.4 is 0 Å². The third kappa shape index (κ3) is 5.82. The van der Waals surface area contributed by atoms with Crippen molar-refractivity contribution >= 4 is 5.97 Å². The second-order valence-electron chi connectivity index (χ2n) is 7.62. The zero-order valence-electron chi connectivity index (χ0n) is 14.1. The van der Waals surface area contributed by atoms with E-state index in [1.807, 2.05) is 20.8 Å². The van der Waals surface area contributed by atoms with Crippen molar-refractivity contribution in [3.8, 4) is 0 Å². The molecule has 0 radical (unpaired) electrons. The number of esters is 1. The van der Waals surface area contributed by atoms with Crippen LogP contribution in [-0.2, 0) is 14.3 Å². The van der Waals surface area contributed by atoms with Crippen molar-refractivity contribution in [1.29, 1.82) is 0 Å². The van der Waals surface area contributed by atoms with E-state index in [1.54, 1.807) is 0 Å². The first kappa shape index (κ1) is 17.5. The summed E-state index contributed by atoms with van der Waals surface area (Å²) in [6, 6.07) is 0. The Bertz CT molecular complexity index is 320. The predicted molar refractivity (Wildman–Crippen MR) is 81.6 cm³/mol. The lowest BCUT2D eigenvalue weighted by Gasteiger charge is -2.40. The minimum Gasteiger partial charge on any atom is -0.463 e. The number of carbonyl (C=O) groups is 1. The van der Waals surface area contributed by atoms with Crippen LogP contribution in [-0.4, -0.2) is 24.3 Å². The van der Waals surface area contributed by atoms with Crippen LogP contribution in [0, 0.1) is 11.3 Å². The summed E-state index contributed by atoms with van der Waals surface area (Å²) in [5.74, 6) is 0.452. The zero-order valence-corrected chi connectivity index (χ0v) is 14.1. The third-order valence-electron chi connectivity index (χ3n) is 4.28. The van der Waals surface area contributed by atoms with Crippen LogP contribution in [0.15, 0.2) is 0 Å². The molecule has 0 unspecified atom stereocenters. The van der Waals surface area contributed by atoms with Gasteiger partial charge in [-0.15, -0.1) is 0 Å². The molecule has 0 aromatic heterocycles. The molecule has 1 aliphatic carbocycles. The monoisotopic (exact) mass is 284 g/mol. The molecule has 0 bridgehead atoms. The van der Waals surface area contributed by atoms with Crippen molar-refractivity contribution in [2.75, 3.05) is 6.61 Å². The largest absolute Gasteiger partial charge is 0.463 e. The molecule has 0 aliphatic heterocycles. The van der Waals surface area contributed by atoms with E-state index in [9.17, 15) is 4.79 Å². The van der Waals surface area contributed by atoms with Crippen LogP contribution >= 0.6 is 0 Å². The minimum atomic E-state index is -0.411. The number of carbonyl (C=O) groups excluding carboxylic acids is 1. The van der Waals surface area contributed by atoms with Gasteiger partial charge in [0.15, 0.2) is 0 Å². The highest BCUT2D eigenvalue weighted by Gasteiger charge is 2.34. The van der Waals surface area contributed by atoms with E-state index in [2.05, 4.69) is 20.8 Å². The molecule has 2 atom stereocenters. The SMILES string of the molecule is CCC(=O)OCC(C)(C)O[C@@H](C)[C@H]1CCCC(C)(C)C1. The summed E-state index contributed by atoms with van der Waals surface area (Å²) in [4.78, 5) is 11.3. The predicted octanol–water partition coefficient (Wildman–Crippen LogP) is 4.34. The molecule has 0 aromatic carbocycles. The molecule has 0 aromatic rings. The average molecular weight is 284 g/mol. The van der Waals surface area contributed by atoms with Gasteiger partial charge in [-0.2, -0.15) is 0 Å². The van der Waals surface area contributed by atoms with Gasteiger partial charge >= 0.3 is 5.97 Å². The molecule has 20 heavy (non-hydrogen) atoms. The van der Waals surface area contributed by atoms with Crippen LogP contribution in [0.25, 0.3) is 0 Å². The van der Waals surface area contributed by atoms with Crippen LogP contribution in [0.1, 0.15) is 73.6 Å². The van der Waals surface area contributed by atoms with Crippen molar-refractivity contribution in [2.24, 2.45) is 11.3 Å². The van der Waals surface area contributed by atoms with E-state index >= 15 is 0 Å². The lowest BCUT2D eigenvalue weighted by molar-refractivity contribution is -0.161. The van der Waals surface area contributed by atoms with E-state index in [-0.39, 0.29) is 12.1 Å². The van der Waals surface area contributed by atoms with Gasteiger partial charge in [0.25, 0.3) is 0 Å². The fourth-order valence-electron chi connectivity index (χ4n) is 3.15. The highest BCUT2D eigenvalue weighted by atomic mass is 16.6. The maximum Gasteiger partial charge on any atom is 0.305 e. The van der Waals surface area contributed by atoms with Gasteiger partial charge in [-0.05, 0) is 51.4 Å². The summed E-state index contributed by atoms with van der Waals surface area (Å²) >= 11 is 0. The van der Waals surface area contributed by atoms with E-state index in [0.717, 1.165) is 0 Å². The Kier molecular flexibility index (Phi) is 6.06. The Morgan fingerprint density at radius 2 is 2.05 bits per heavy atom. The summed E-state index contributed by atoms with van der Waals surface area (Å²) < 4.78 is 11.4. The zero-order chi connectivity index (χ0) is 15.4. The van der Waals surface area contributed by atoms with Gasteiger partial charge in [-0.25, -0.2) is 0 Å². The second kappa shape index (κ2) is 6.93. The first-order chi connectivity index (χ1) is 9.15. The summed E-state index contributed by atoms with van der Waals surface area (Å²) in [5, 5.41) is 0. The molecule has 0 amide bonds. The van der Waals surface area contributed by atoms with E-state index in [0.29, 0.717) is 24.4 Å². The van der Waals surface area contributed by atoms with Crippen molar-refractivity contribution in [3.05, 3.63) is 0 Å². The standard InChI is InChI=1S/C17H32O3/c1-7-15(18)19-12-17(5,6)20-13(2)14-9-8-10-16(3,4)11-14/h13-14H,7-12H2,1-6H3/t13-,14-/m0/s1. The van der Waals surface area contributed by atoms with Crippen LogP contribution in [0.5, 0.6) is 0 Å². The molecule has 0 spiro atoms. The third-order valence-corrected chi connectivity index (χ3v) is 4.28. The molecule has 0 N–H and O–H groups in total. The van der Waals surface area contributed by atoms with E-state index in [1.165, 1.54) is 25.7 Å². The molecule has 1 fully saturated rings. The van der Waals surface area contributed by atoms with Crippen LogP contribution in [0.2, 0.25) is 0 Å². The van der Waals surface area contributed by atoms with Crippen molar-refractivity contribution in [2.45, 2.75) is 85.4 Å². The van der Waals surface area contributed by atoms with Crippen molar-refractivity contribution in [3.63, 3.8) is 0 Å². The quantitative estimate of drug-likeness (QED) is 0.681. The lowest BCUT2D eigenvalue weighted by atomic mass is 9.71. The van der Waals surface area contributed by atoms with Gasteiger partial charge in [-0.1, -0.05) is 27.2 Å².